The molecule has 0 saturated heterocycles. The van der Waals surface area contributed by atoms with Crippen LogP contribution in [0, 0.1) is 5.92 Å². The number of carboxylic acids is 1. The highest BCUT2D eigenvalue weighted by molar-refractivity contribution is 5.96. The maximum atomic E-state index is 12.1. The quantitative estimate of drug-likeness (QED) is 0.650. The summed E-state index contributed by atoms with van der Waals surface area (Å²) in [6, 6.07) is 6.39. The Kier molecular flexibility index (Phi) is 7.60. The SMILES string of the molecule is CCOc1ccc(C(=O)CCN[C@H](C(=O)O)[C@H](C)CC)cc1. The molecule has 0 aliphatic rings. The standard InChI is InChI=1S/C17H25NO4/c1-4-12(3)16(17(20)21)18-11-10-15(19)13-6-8-14(9-7-13)22-5-2/h6-9,12,16,18H,4-5,10-11H2,1-3H3,(H,20,21)/t12-,16+/m1/s1. The third kappa shape index (κ3) is 5.48. The molecule has 0 heterocycles. The lowest BCUT2D eigenvalue weighted by molar-refractivity contribution is -0.140. The highest BCUT2D eigenvalue weighted by Gasteiger charge is 2.22. The Morgan fingerprint density at radius 1 is 1.23 bits per heavy atom. The van der Waals surface area contributed by atoms with Crippen molar-refractivity contribution < 1.29 is 19.4 Å². The van der Waals surface area contributed by atoms with E-state index in [1.807, 2.05) is 20.8 Å². The monoisotopic (exact) mass is 307 g/mol. The molecule has 0 saturated carbocycles. The van der Waals surface area contributed by atoms with Crippen molar-refractivity contribution in [2.75, 3.05) is 13.2 Å². The summed E-state index contributed by atoms with van der Waals surface area (Å²) in [6.07, 6.45) is 1.05. The number of benzene rings is 1. The zero-order chi connectivity index (χ0) is 16.5. The summed E-state index contributed by atoms with van der Waals surface area (Å²) in [5, 5.41) is 12.1. The number of hydrogen-bond donors (Lipinski definition) is 2. The zero-order valence-corrected chi connectivity index (χ0v) is 13.5. The molecule has 1 aromatic carbocycles. The van der Waals surface area contributed by atoms with E-state index in [2.05, 4.69) is 5.32 Å². The van der Waals surface area contributed by atoms with Crippen LogP contribution in [0.25, 0.3) is 0 Å². The molecule has 2 atom stereocenters. The van der Waals surface area contributed by atoms with Gasteiger partial charge in [-0.2, -0.15) is 0 Å². The van der Waals surface area contributed by atoms with Crippen LogP contribution in [0.4, 0.5) is 0 Å². The summed E-state index contributed by atoms with van der Waals surface area (Å²) in [4.78, 5) is 23.3. The molecule has 0 radical (unpaired) electrons. The van der Waals surface area contributed by atoms with Crippen LogP contribution in [0.3, 0.4) is 0 Å². The number of hydrogen-bond acceptors (Lipinski definition) is 4. The first-order valence-corrected chi connectivity index (χ1v) is 7.71. The minimum Gasteiger partial charge on any atom is -0.494 e. The fourth-order valence-corrected chi connectivity index (χ4v) is 2.16. The van der Waals surface area contributed by atoms with E-state index < -0.39 is 12.0 Å². The predicted molar refractivity (Wildman–Crippen MR) is 85.4 cm³/mol. The largest absolute Gasteiger partial charge is 0.494 e. The Morgan fingerprint density at radius 2 is 1.86 bits per heavy atom. The number of Topliss-reactive ketones (excluding diaryl/α,β-unsaturated/α-hetero) is 1. The minimum atomic E-state index is -0.872. The molecular formula is C17H25NO4. The van der Waals surface area contributed by atoms with Crippen molar-refractivity contribution >= 4 is 11.8 Å². The fourth-order valence-electron chi connectivity index (χ4n) is 2.16. The van der Waals surface area contributed by atoms with Crippen molar-refractivity contribution in [3.63, 3.8) is 0 Å². The summed E-state index contributed by atoms with van der Waals surface area (Å²) >= 11 is 0. The molecule has 2 N–H and O–H groups in total. The van der Waals surface area contributed by atoms with Crippen LogP contribution in [-0.4, -0.2) is 36.1 Å². The maximum Gasteiger partial charge on any atom is 0.320 e. The third-order valence-electron chi connectivity index (χ3n) is 3.68. The van der Waals surface area contributed by atoms with Gasteiger partial charge in [-0.3, -0.25) is 9.59 Å². The molecule has 0 spiro atoms. The molecule has 5 heteroatoms. The van der Waals surface area contributed by atoms with Gasteiger partial charge in [0.25, 0.3) is 0 Å². The molecule has 122 valence electrons. The maximum absolute atomic E-state index is 12.1. The average Bonchev–Trinajstić information content (AvgIpc) is 2.51. The predicted octanol–water partition coefficient (Wildman–Crippen LogP) is 2.75. The van der Waals surface area contributed by atoms with Gasteiger partial charge < -0.3 is 15.2 Å². The van der Waals surface area contributed by atoms with E-state index in [1.165, 1.54) is 0 Å². The lowest BCUT2D eigenvalue weighted by Crippen LogP contribution is -2.42. The van der Waals surface area contributed by atoms with Gasteiger partial charge in [-0.1, -0.05) is 20.3 Å². The second kappa shape index (κ2) is 9.20. The topological polar surface area (TPSA) is 75.6 Å². The lowest BCUT2D eigenvalue weighted by Gasteiger charge is -2.19. The molecular weight excluding hydrogens is 282 g/mol. The van der Waals surface area contributed by atoms with Crippen LogP contribution < -0.4 is 10.1 Å². The van der Waals surface area contributed by atoms with Gasteiger partial charge in [-0.15, -0.1) is 0 Å². The molecule has 0 bridgehead atoms. The van der Waals surface area contributed by atoms with Crippen molar-refractivity contribution in [1.29, 1.82) is 0 Å². The van der Waals surface area contributed by atoms with Gasteiger partial charge in [0.1, 0.15) is 11.8 Å². The Labute approximate surface area is 131 Å². The fraction of sp³-hybridized carbons (Fsp3) is 0.529. The van der Waals surface area contributed by atoms with Gasteiger partial charge in [0, 0.05) is 18.5 Å². The first-order valence-electron chi connectivity index (χ1n) is 7.71. The van der Waals surface area contributed by atoms with Gasteiger partial charge in [0.2, 0.25) is 0 Å². The normalized spacial score (nSPS) is 13.4. The van der Waals surface area contributed by atoms with Crippen LogP contribution in [0.2, 0.25) is 0 Å². The molecule has 0 aliphatic carbocycles. The Balaban J connectivity index is 2.49. The smallest absolute Gasteiger partial charge is 0.320 e. The number of carboxylic acid groups (broad SMARTS) is 1. The molecule has 1 aromatic rings. The van der Waals surface area contributed by atoms with Gasteiger partial charge >= 0.3 is 5.97 Å². The molecule has 1 rings (SSSR count). The highest BCUT2D eigenvalue weighted by atomic mass is 16.5. The van der Waals surface area contributed by atoms with Crippen LogP contribution >= 0.6 is 0 Å². The van der Waals surface area contributed by atoms with Crippen molar-refractivity contribution in [3.05, 3.63) is 29.8 Å². The summed E-state index contributed by atoms with van der Waals surface area (Å²) in [5.41, 5.74) is 0.612. The second-order valence-corrected chi connectivity index (χ2v) is 5.29. The van der Waals surface area contributed by atoms with Gasteiger partial charge in [0.05, 0.1) is 6.61 Å². The molecule has 5 nitrogen and oxygen atoms in total. The molecule has 0 aromatic heterocycles. The van der Waals surface area contributed by atoms with E-state index in [4.69, 9.17) is 4.74 Å². The van der Waals surface area contributed by atoms with Crippen molar-refractivity contribution in [1.82, 2.24) is 5.32 Å². The summed E-state index contributed by atoms with van der Waals surface area (Å²) in [7, 11) is 0. The first kappa shape index (κ1) is 18.2. The summed E-state index contributed by atoms with van der Waals surface area (Å²) in [6.45, 7) is 6.69. The third-order valence-corrected chi connectivity index (χ3v) is 3.68. The van der Waals surface area contributed by atoms with Crippen molar-refractivity contribution in [2.24, 2.45) is 5.92 Å². The number of carbonyl (C=O) groups is 2. The zero-order valence-electron chi connectivity index (χ0n) is 13.5. The van der Waals surface area contributed by atoms with E-state index >= 15 is 0 Å². The Bertz CT molecular complexity index is 484. The van der Waals surface area contributed by atoms with Crippen molar-refractivity contribution in [2.45, 2.75) is 39.7 Å². The average molecular weight is 307 g/mol. The summed E-state index contributed by atoms with van der Waals surface area (Å²) in [5.74, 6) is -0.121. The van der Waals surface area contributed by atoms with Crippen LogP contribution in [0.5, 0.6) is 5.75 Å². The number of rotatable bonds is 10. The number of nitrogens with one attached hydrogen (secondary N) is 1. The van der Waals surface area contributed by atoms with Crippen molar-refractivity contribution in [3.8, 4) is 5.75 Å². The van der Waals surface area contributed by atoms with E-state index in [9.17, 15) is 14.7 Å². The van der Waals surface area contributed by atoms with E-state index in [0.29, 0.717) is 18.7 Å². The summed E-state index contributed by atoms with van der Waals surface area (Å²) < 4.78 is 5.33. The van der Waals surface area contributed by atoms with E-state index in [-0.39, 0.29) is 18.1 Å². The van der Waals surface area contributed by atoms with Gasteiger partial charge in [0.15, 0.2) is 5.78 Å². The highest BCUT2D eigenvalue weighted by Crippen LogP contribution is 2.13. The molecule has 0 unspecified atom stereocenters. The Morgan fingerprint density at radius 3 is 2.36 bits per heavy atom. The number of carbonyl (C=O) groups excluding carboxylic acids is 1. The molecule has 0 fully saturated rings. The Hall–Kier alpha value is -1.88. The van der Waals surface area contributed by atoms with Crippen LogP contribution in [-0.2, 0) is 4.79 Å². The molecule has 0 amide bonds. The number of ether oxygens (including phenoxy) is 1. The number of ketones is 1. The van der Waals surface area contributed by atoms with Crippen LogP contribution in [0.15, 0.2) is 24.3 Å². The second-order valence-electron chi connectivity index (χ2n) is 5.29. The van der Waals surface area contributed by atoms with Gasteiger partial charge in [-0.05, 0) is 37.1 Å². The first-order chi connectivity index (χ1) is 10.5. The van der Waals surface area contributed by atoms with Gasteiger partial charge in [-0.25, -0.2) is 0 Å². The molecule has 22 heavy (non-hydrogen) atoms. The lowest BCUT2D eigenvalue weighted by atomic mass is 9.99. The van der Waals surface area contributed by atoms with Crippen LogP contribution in [0.1, 0.15) is 44.0 Å². The number of aliphatic carboxylic acids is 1. The van der Waals surface area contributed by atoms with E-state index in [0.717, 1.165) is 12.2 Å². The molecule has 0 aliphatic heterocycles. The van der Waals surface area contributed by atoms with E-state index in [1.54, 1.807) is 24.3 Å². The minimum absolute atomic E-state index is 0.0103.